The van der Waals surface area contributed by atoms with Gasteiger partial charge in [-0.3, -0.25) is 0 Å². The zero-order valence-electron chi connectivity index (χ0n) is 16.3. The predicted octanol–water partition coefficient (Wildman–Crippen LogP) is 6.73. The van der Waals surface area contributed by atoms with Gasteiger partial charge >= 0.3 is 145 Å². The summed E-state index contributed by atoms with van der Waals surface area (Å²) in [6.45, 7) is 17.9. The van der Waals surface area contributed by atoms with E-state index in [4.69, 9.17) is 0 Å². The van der Waals surface area contributed by atoms with Gasteiger partial charge in [-0.15, -0.1) is 0 Å². The summed E-state index contributed by atoms with van der Waals surface area (Å²) >= 11 is -2.50. The summed E-state index contributed by atoms with van der Waals surface area (Å²) in [6, 6.07) is 0. The Morgan fingerprint density at radius 2 is 1.32 bits per heavy atom. The zero-order chi connectivity index (χ0) is 17.2. The molecular formula is C20H42OSn. The molecule has 132 valence electrons. The van der Waals surface area contributed by atoms with Gasteiger partial charge in [0.1, 0.15) is 0 Å². The number of hydrogen-bond acceptors (Lipinski definition) is 1. The molecule has 1 N–H and O–H groups in total. The molecule has 0 aromatic carbocycles. The standard InChI is InChI=1S/C8H15O.3C4H9.Sn/c1-5-8(4,9)6-7(2)3;3*1-3-4-2;/h7,9H,1,6H2,2-4H3;3*1,3-4H2,2H3;. The number of aliphatic hydroxyl groups is 1. The van der Waals surface area contributed by atoms with Crippen LogP contribution < -0.4 is 0 Å². The van der Waals surface area contributed by atoms with Gasteiger partial charge in [-0.05, 0) is 0 Å². The molecule has 0 radical (unpaired) electrons. The molecule has 2 heteroatoms. The van der Waals surface area contributed by atoms with E-state index in [1.807, 2.05) is 6.92 Å². The molecule has 0 aliphatic rings. The van der Waals surface area contributed by atoms with Crippen LogP contribution in [0.2, 0.25) is 13.3 Å². The Bertz CT molecular complexity index is 285. The van der Waals surface area contributed by atoms with Crippen LogP contribution in [0.15, 0.2) is 10.2 Å². The van der Waals surface area contributed by atoms with Crippen LogP contribution in [0.5, 0.6) is 0 Å². The van der Waals surface area contributed by atoms with Crippen LogP contribution >= 0.6 is 0 Å². The molecule has 0 saturated carbocycles. The summed E-state index contributed by atoms with van der Waals surface area (Å²) < 4.78 is 5.53. The maximum atomic E-state index is 11.1. The number of unbranched alkanes of at least 4 members (excludes halogenated alkanes) is 3. The van der Waals surface area contributed by atoms with E-state index in [9.17, 15) is 5.11 Å². The first-order chi connectivity index (χ1) is 10.3. The van der Waals surface area contributed by atoms with Crippen LogP contribution in [0, 0.1) is 5.92 Å². The van der Waals surface area contributed by atoms with E-state index in [0.29, 0.717) is 5.92 Å². The molecule has 0 aliphatic heterocycles. The minimum absolute atomic E-state index is 0.527. The normalized spacial score (nSPS) is 15.1. The number of rotatable bonds is 13. The van der Waals surface area contributed by atoms with Crippen molar-refractivity contribution in [3.8, 4) is 0 Å². The second kappa shape index (κ2) is 11.1. The Morgan fingerprint density at radius 1 is 0.955 bits per heavy atom. The van der Waals surface area contributed by atoms with Gasteiger partial charge in [-0.2, -0.15) is 0 Å². The van der Waals surface area contributed by atoms with Crippen molar-refractivity contribution in [2.24, 2.45) is 5.92 Å². The van der Waals surface area contributed by atoms with Crippen molar-refractivity contribution in [3.63, 3.8) is 0 Å². The van der Waals surface area contributed by atoms with Gasteiger partial charge in [0.15, 0.2) is 0 Å². The van der Waals surface area contributed by atoms with Gasteiger partial charge < -0.3 is 0 Å². The Labute approximate surface area is 144 Å². The SMILES string of the molecule is C=[C](C(C)(O)CC(C)C)[Sn]([CH2]CCC)([CH2]CCC)[CH2]CCC. The van der Waals surface area contributed by atoms with E-state index in [0.717, 1.165) is 6.42 Å². The predicted molar refractivity (Wildman–Crippen MR) is 104 cm³/mol. The summed E-state index contributed by atoms with van der Waals surface area (Å²) in [4.78, 5) is 0. The molecule has 0 saturated heterocycles. The molecule has 0 fully saturated rings. The van der Waals surface area contributed by atoms with Crippen LogP contribution in [0.4, 0.5) is 0 Å². The fourth-order valence-corrected chi connectivity index (χ4v) is 21.0. The van der Waals surface area contributed by atoms with Gasteiger partial charge in [0.25, 0.3) is 0 Å². The van der Waals surface area contributed by atoms with Gasteiger partial charge in [0.05, 0.1) is 0 Å². The topological polar surface area (TPSA) is 20.2 Å². The molecule has 1 nitrogen and oxygen atoms in total. The van der Waals surface area contributed by atoms with E-state index in [1.54, 1.807) is 0 Å². The summed E-state index contributed by atoms with van der Waals surface area (Å²) in [6.07, 6.45) is 8.69. The molecule has 0 bridgehead atoms. The van der Waals surface area contributed by atoms with Crippen molar-refractivity contribution >= 4 is 18.4 Å². The van der Waals surface area contributed by atoms with E-state index in [-0.39, 0.29) is 0 Å². The van der Waals surface area contributed by atoms with Crippen LogP contribution in [-0.4, -0.2) is 29.1 Å². The fraction of sp³-hybridized carbons (Fsp3) is 0.900. The first-order valence-corrected chi connectivity index (χ1v) is 17.2. The molecule has 1 unspecified atom stereocenters. The third kappa shape index (κ3) is 7.38. The van der Waals surface area contributed by atoms with E-state index in [2.05, 4.69) is 41.2 Å². The van der Waals surface area contributed by atoms with Gasteiger partial charge in [0.2, 0.25) is 0 Å². The molecule has 0 spiro atoms. The van der Waals surface area contributed by atoms with Crippen molar-refractivity contribution in [1.82, 2.24) is 0 Å². The van der Waals surface area contributed by atoms with Gasteiger partial charge in [-0.1, -0.05) is 0 Å². The van der Waals surface area contributed by atoms with E-state index < -0.39 is 24.0 Å². The fourth-order valence-electron chi connectivity index (χ4n) is 3.86. The molecule has 0 aromatic rings. The molecule has 1 atom stereocenters. The van der Waals surface area contributed by atoms with Crippen molar-refractivity contribution in [3.05, 3.63) is 10.2 Å². The summed E-state index contributed by atoms with van der Waals surface area (Å²) in [5.41, 5.74) is -0.639. The van der Waals surface area contributed by atoms with Crippen molar-refractivity contribution in [2.45, 2.75) is 105 Å². The first kappa shape index (κ1) is 22.5. The van der Waals surface area contributed by atoms with Crippen LogP contribution in [-0.2, 0) is 0 Å². The third-order valence-corrected chi connectivity index (χ3v) is 21.5. The molecule has 0 heterocycles. The molecule has 22 heavy (non-hydrogen) atoms. The Kier molecular flexibility index (Phi) is 11.4. The third-order valence-electron chi connectivity index (χ3n) is 5.12. The minimum atomic E-state index is -2.50. The van der Waals surface area contributed by atoms with E-state index in [1.165, 1.54) is 55.4 Å². The quantitative estimate of drug-likeness (QED) is 0.330. The Balaban J connectivity index is 5.40. The summed E-state index contributed by atoms with van der Waals surface area (Å²) in [7, 11) is 0. The Morgan fingerprint density at radius 3 is 1.59 bits per heavy atom. The van der Waals surface area contributed by atoms with Gasteiger partial charge in [-0.25, -0.2) is 0 Å². The molecular weight excluding hydrogens is 375 g/mol. The van der Waals surface area contributed by atoms with Gasteiger partial charge in [0, 0.05) is 0 Å². The zero-order valence-corrected chi connectivity index (χ0v) is 19.2. The average molecular weight is 417 g/mol. The summed E-state index contributed by atoms with van der Waals surface area (Å²) in [5, 5.41) is 11.1. The van der Waals surface area contributed by atoms with Crippen LogP contribution in [0.3, 0.4) is 0 Å². The molecule has 0 rings (SSSR count). The second-order valence-corrected chi connectivity index (χ2v) is 21.3. The average Bonchev–Trinajstić information content (AvgIpc) is 2.45. The van der Waals surface area contributed by atoms with Crippen molar-refractivity contribution < 1.29 is 5.11 Å². The molecule has 0 aliphatic carbocycles. The van der Waals surface area contributed by atoms with Crippen LogP contribution in [0.25, 0.3) is 0 Å². The monoisotopic (exact) mass is 418 g/mol. The summed E-state index contributed by atoms with van der Waals surface area (Å²) in [5.74, 6) is 0.527. The van der Waals surface area contributed by atoms with Crippen LogP contribution in [0.1, 0.15) is 86.5 Å². The maximum absolute atomic E-state index is 11.1. The Hall–Kier alpha value is 0.499. The van der Waals surface area contributed by atoms with Crippen molar-refractivity contribution in [1.29, 1.82) is 0 Å². The number of hydrogen-bond donors (Lipinski definition) is 1. The molecule has 0 aromatic heterocycles. The first-order valence-electron chi connectivity index (χ1n) is 9.68. The molecule has 0 amide bonds. The van der Waals surface area contributed by atoms with Crippen molar-refractivity contribution in [2.75, 3.05) is 0 Å². The second-order valence-electron chi connectivity index (χ2n) is 7.94. The van der Waals surface area contributed by atoms with E-state index >= 15 is 0 Å².